The highest BCUT2D eigenvalue weighted by Crippen LogP contribution is 2.31. The zero-order valence-electron chi connectivity index (χ0n) is 12.4. The van der Waals surface area contributed by atoms with Gasteiger partial charge in [-0.3, -0.25) is 0 Å². The van der Waals surface area contributed by atoms with E-state index >= 15 is 0 Å². The summed E-state index contributed by atoms with van der Waals surface area (Å²) in [5, 5.41) is 0. The fourth-order valence-corrected chi connectivity index (χ4v) is 3.26. The van der Waals surface area contributed by atoms with Crippen LogP contribution in [0, 0.1) is 6.92 Å². The van der Waals surface area contributed by atoms with Crippen molar-refractivity contribution in [2.24, 2.45) is 5.90 Å². The predicted molar refractivity (Wildman–Crippen MR) is 80.3 cm³/mol. The maximum Gasteiger partial charge on any atom is 0.0789 e. The van der Waals surface area contributed by atoms with E-state index in [-0.39, 0.29) is 6.10 Å². The van der Waals surface area contributed by atoms with Crippen molar-refractivity contribution in [2.45, 2.75) is 58.1 Å². The van der Waals surface area contributed by atoms with Crippen LogP contribution in [-0.4, -0.2) is 19.2 Å². The fourth-order valence-electron chi connectivity index (χ4n) is 3.26. The molecule has 0 saturated heterocycles. The Morgan fingerprint density at radius 1 is 1.26 bits per heavy atom. The van der Waals surface area contributed by atoms with Crippen molar-refractivity contribution in [3.63, 3.8) is 0 Å². The minimum absolute atomic E-state index is 0.257. The third-order valence-electron chi connectivity index (χ3n) is 4.44. The van der Waals surface area contributed by atoms with E-state index in [0.717, 1.165) is 32.1 Å². The average Bonchev–Trinajstić information content (AvgIpc) is 2.46. The molecule has 0 spiro atoms. The predicted octanol–water partition coefficient (Wildman–Crippen LogP) is 3.20. The lowest BCUT2D eigenvalue weighted by molar-refractivity contribution is 0.0242. The fraction of sp³-hybridized carbons (Fsp3) is 0.625. The van der Waals surface area contributed by atoms with Crippen molar-refractivity contribution in [1.82, 2.24) is 0 Å². The lowest BCUT2D eigenvalue weighted by Crippen LogP contribution is -2.38. The summed E-state index contributed by atoms with van der Waals surface area (Å²) < 4.78 is 0. The van der Waals surface area contributed by atoms with Crippen LogP contribution in [0.1, 0.15) is 43.7 Å². The first-order valence-electron chi connectivity index (χ1n) is 7.34. The van der Waals surface area contributed by atoms with E-state index in [1.165, 1.54) is 16.8 Å². The molecule has 0 amide bonds. The maximum atomic E-state index is 5.29. The molecule has 1 aliphatic carbocycles. The van der Waals surface area contributed by atoms with Crippen LogP contribution in [0.15, 0.2) is 18.2 Å². The Hall–Kier alpha value is -1.06. The second-order valence-corrected chi connectivity index (χ2v) is 5.61. The number of para-hydroxylation sites is 1. The number of nitrogens with two attached hydrogens (primary N) is 1. The van der Waals surface area contributed by atoms with Crippen molar-refractivity contribution in [3.05, 3.63) is 29.3 Å². The van der Waals surface area contributed by atoms with E-state index in [1.807, 2.05) is 0 Å². The molecule has 19 heavy (non-hydrogen) atoms. The number of aryl methyl sites for hydroxylation is 2. The topological polar surface area (TPSA) is 38.5 Å². The van der Waals surface area contributed by atoms with Gasteiger partial charge in [0, 0.05) is 18.8 Å². The quantitative estimate of drug-likeness (QED) is 0.847. The molecule has 1 fully saturated rings. The molecular formula is C16H26N2O. The van der Waals surface area contributed by atoms with Crippen LogP contribution < -0.4 is 10.8 Å². The van der Waals surface area contributed by atoms with Crippen LogP contribution in [0.5, 0.6) is 0 Å². The summed E-state index contributed by atoms with van der Waals surface area (Å²) in [5.41, 5.74) is 4.24. The standard InChI is InChI=1S/C16H26N2O/c1-4-13-7-5-6-12(2)16(13)18(3)14-8-10-15(19-17)11-9-14/h5-7,14-15H,4,8-11,17H2,1-3H3. The van der Waals surface area contributed by atoms with Gasteiger partial charge in [-0.25, -0.2) is 5.90 Å². The van der Waals surface area contributed by atoms with E-state index in [9.17, 15) is 0 Å². The number of hydrogen-bond acceptors (Lipinski definition) is 3. The Balaban J connectivity index is 2.14. The van der Waals surface area contributed by atoms with Gasteiger partial charge in [0.15, 0.2) is 0 Å². The van der Waals surface area contributed by atoms with Crippen molar-refractivity contribution < 1.29 is 4.84 Å². The molecule has 0 radical (unpaired) electrons. The largest absolute Gasteiger partial charge is 0.371 e. The van der Waals surface area contributed by atoms with E-state index in [2.05, 4.69) is 44.0 Å². The summed E-state index contributed by atoms with van der Waals surface area (Å²) in [5.74, 6) is 5.29. The Kier molecular flexibility index (Phi) is 4.83. The molecule has 3 nitrogen and oxygen atoms in total. The summed E-state index contributed by atoms with van der Waals surface area (Å²) in [6, 6.07) is 7.22. The van der Waals surface area contributed by atoms with E-state index < -0.39 is 0 Å². The molecule has 0 bridgehead atoms. The molecule has 106 valence electrons. The van der Waals surface area contributed by atoms with Crippen LogP contribution in [0.3, 0.4) is 0 Å². The van der Waals surface area contributed by atoms with Crippen molar-refractivity contribution in [1.29, 1.82) is 0 Å². The van der Waals surface area contributed by atoms with E-state index in [4.69, 9.17) is 10.7 Å². The minimum Gasteiger partial charge on any atom is -0.371 e. The van der Waals surface area contributed by atoms with E-state index in [0.29, 0.717) is 6.04 Å². The molecule has 1 aromatic carbocycles. The third kappa shape index (κ3) is 3.10. The molecule has 3 heteroatoms. The van der Waals surface area contributed by atoms with Crippen LogP contribution >= 0.6 is 0 Å². The normalized spacial score (nSPS) is 23.4. The highest BCUT2D eigenvalue weighted by atomic mass is 16.6. The summed E-state index contributed by atoms with van der Waals surface area (Å²) in [6.07, 6.45) is 5.80. The first-order chi connectivity index (χ1) is 9.17. The van der Waals surface area contributed by atoms with Crippen LogP contribution in [0.2, 0.25) is 0 Å². The summed E-state index contributed by atoms with van der Waals surface area (Å²) in [6.45, 7) is 4.44. The lowest BCUT2D eigenvalue weighted by Gasteiger charge is -2.37. The van der Waals surface area contributed by atoms with Gasteiger partial charge in [-0.2, -0.15) is 0 Å². The van der Waals surface area contributed by atoms with Crippen molar-refractivity contribution >= 4 is 5.69 Å². The molecule has 2 rings (SSSR count). The molecule has 1 saturated carbocycles. The Labute approximate surface area is 116 Å². The molecule has 0 aromatic heterocycles. The number of hydrogen-bond donors (Lipinski definition) is 1. The Morgan fingerprint density at radius 3 is 2.53 bits per heavy atom. The number of rotatable bonds is 4. The van der Waals surface area contributed by atoms with Crippen molar-refractivity contribution in [3.8, 4) is 0 Å². The third-order valence-corrected chi connectivity index (χ3v) is 4.44. The highest BCUT2D eigenvalue weighted by Gasteiger charge is 2.25. The molecule has 0 atom stereocenters. The molecule has 1 aliphatic rings. The highest BCUT2D eigenvalue weighted by molar-refractivity contribution is 5.59. The van der Waals surface area contributed by atoms with E-state index in [1.54, 1.807) is 0 Å². The zero-order valence-corrected chi connectivity index (χ0v) is 12.4. The lowest BCUT2D eigenvalue weighted by atomic mass is 9.91. The number of benzene rings is 1. The molecule has 0 aliphatic heterocycles. The van der Waals surface area contributed by atoms with Gasteiger partial charge in [-0.05, 0) is 50.2 Å². The van der Waals surface area contributed by atoms with Gasteiger partial charge in [0.2, 0.25) is 0 Å². The van der Waals surface area contributed by atoms with Gasteiger partial charge in [0.25, 0.3) is 0 Å². The Bertz CT molecular complexity index is 411. The van der Waals surface area contributed by atoms with Gasteiger partial charge in [0.05, 0.1) is 6.10 Å². The van der Waals surface area contributed by atoms with Crippen molar-refractivity contribution in [2.75, 3.05) is 11.9 Å². The number of anilines is 1. The first kappa shape index (κ1) is 14.4. The van der Waals surface area contributed by atoms with Crippen LogP contribution in [-0.2, 0) is 11.3 Å². The van der Waals surface area contributed by atoms with Crippen LogP contribution in [0.4, 0.5) is 5.69 Å². The smallest absolute Gasteiger partial charge is 0.0789 e. The van der Waals surface area contributed by atoms with Gasteiger partial charge in [0.1, 0.15) is 0 Å². The summed E-state index contributed by atoms with van der Waals surface area (Å²) >= 11 is 0. The summed E-state index contributed by atoms with van der Waals surface area (Å²) in [4.78, 5) is 7.45. The average molecular weight is 262 g/mol. The van der Waals surface area contributed by atoms with Gasteiger partial charge < -0.3 is 9.74 Å². The molecule has 1 aromatic rings. The first-order valence-corrected chi connectivity index (χ1v) is 7.34. The molecular weight excluding hydrogens is 236 g/mol. The molecule has 0 heterocycles. The number of nitrogens with zero attached hydrogens (tertiary/aromatic N) is 1. The van der Waals surface area contributed by atoms with Gasteiger partial charge >= 0.3 is 0 Å². The second kappa shape index (κ2) is 6.40. The molecule has 2 N–H and O–H groups in total. The maximum absolute atomic E-state index is 5.29. The zero-order chi connectivity index (χ0) is 13.8. The SMILES string of the molecule is CCc1cccc(C)c1N(C)C1CCC(ON)CC1. The molecule has 0 unspecified atom stereocenters. The minimum atomic E-state index is 0.257. The Morgan fingerprint density at radius 2 is 1.95 bits per heavy atom. The van der Waals surface area contributed by atoms with Crippen LogP contribution in [0.25, 0.3) is 0 Å². The second-order valence-electron chi connectivity index (χ2n) is 5.61. The van der Waals surface area contributed by atoms with Gasteiger partial charge in [-0.1, -0.05) is 25.1 Å². The monoisotopic (exact) mass is 262 g/mol. The van der Waals surface area contributed by atoms with Gasteiger partial charge in [-0.15, -0.1) is 0 Å². The summed E-state index contributed by atoms with van der Waals surface area (Å²) in [7, 11) is 2.23.